The van der Waals surface area contributed by atoms with E-state index in [0.717, 1.165) is 6.42 Å². The fourth-order valence-corrected chi connectivity index (χ4v) is 32.1. The van der Waals surface area contributed by atoms with Crippen LogP contribution in [0, 0.1) is 13.8 Å². The monoisotopic (exact) mass is 818 g/mol. The van der Waals surface area contributed by atoms with Gasteiger partial charge in [0, 0.05) is 0 Å². The number of allylic oxidation sites excluding steroid dienone is 2. The van der Waals surface area contributed by atoms with Crippen molar-refractivity contribution in [3.63, 3.8) is 0 Å². The number of aryl methyl sites for hydroxylation is 2. The first-order valence-corrected chi connectivity index (χ1v) is 38.4. The molecule has 49 heavy (non-hydrogen) atoms. The van der Waals surface area contributed by atoms with Crippen molar-refractivity contribution in [2.45, 2.75) is 89.9 Å². The Kier molecular flexibility index (Phi) is 11.3. The predicted octanol–water partition coefficient (Wildman–Crippen LogP) is 11.9. The second-order valence-corrected chi connectivity index (χ2v) is 58.7. The molecule has 0 saturated heterocycles. The molecular weight excluding hydrogens is 763 g/mol. The molecule has 2 aliphatic carbocycles. The molecule has 0 aliphatic heterocycles. The summed E-state index contributed by atoms with van der Waals surface area (Å²) >= 11 is -3.66. The van der Waals surface area contributed by atoms with Crippen LogP contribution >= 0.6 is 24.8 Å². The van der Waals surface area contributed by atoms with E-state index in [2.05, 4.69) is 168 Å². The zero-order valence-electron chi connectivity index (χ0n) is 32.0. The molecule has 6 rings (SSSR count). The minimum Gasteiger partial charge on any atom is -0.147 e. The molecule has 0 N–H and O–H groups in total. The molecule has 0 bridgehead atoms. The van der Waals surface area contributed by atoms with Gasteiger partial charge in [0.05, 0.1) is 0 Å². The van der Waals surface area contributed by atoms with Gasteiger partial charge in [-0.25, -0.2) is 0 Å². The van der Waals surface area contributed by atoms with Gasteiger partial charge in [-0.2, -0.15) is 0 Å². The van der Waals surface area contributed by atoms with Crippen LogP contribution in [0.25, 0.3) is 34.4 Å². The fraction of sp³-hybridized carbons (Fsp3) is 0.349. The minimum atomic E-state index is -3.66. The summed E-state index contributed by atoms with van der Waals surface area (Å²) in [5.74, 6) is 0. The van der Waals surface area contributed by atoms with E-state index in [1.54, 1.807) is 22.3 Å². The molecule has 260 valence electrons. The standard InChI is InChI=1S/C21H25Si.C20H23Si.2CH3.2ClH.H2Si.Zr/c1-6-16-13-18-11-15(2)12-20(21(18)14-16)17-7-9-19(10-8-17)22(3,4)5;1-14-10-17-11-15(2)13-20(17)19(12-14)16-6-8-18(9-7-16)21(3,4)5;;;;;;/h7-14H,6H2,1-5H3;6-13H,1-5H3;2*1H3;2*1H;1H2;. The number of fused-ring (bicyclic) bond motifs is 2. The summed E-state index contributed by atoms with van der Waals surface area (Å²) in [6, 6.07) is 29.2. The van der Waals surface area contributed by atoms with Crippen LogP contribution < -0.4 is 10.4 Å². The predicted molar refractivity (Wildman–Crippen MR) is 231 cm³/mol. The average molecular weight is 821 g/mol. The summed E-state index contributed by atoms with van der Waals surface area (Å²) in [6.45, 7) is 26.6. The molecule has 6 heteroatoms. The number of hydrogen-bond acceptors (Lipinski definition) is 0. The molecule has 0 heterocycles. The molecule has 4 aromatic carbocycles. The molecule has 0 spiro atoms. The molecule has 0 saturated carbocycles. The van der Waals surface area contributed by atoms with Gasteiger partial charge in [0.15, 0.2) is 0 Å². The summed E-state index contributed by atoms with van der Waals surface area (Å²) in [6.07, 6.45) is 6.30. The molecule has 2 aliphatic rings. The average Bonchev–Trinajstić information content (AvgIpc) is 3.53. The molecule has 2 atom stereocenters. The van der Waals surface area contributed by atoms with Crippen molar-refractivity contribution in [2.75, 3.05) is 0 Å². The van der Waals surface area contributed by atoms with Crippen LogP contribution in [0.3, 0.4) is 0 Å². The van der Waals surface area contributed by atoms with Gasteiger partial charge in [-0.1, -0.05) is 0 Å². The Morgan fingerprint density at radius 3 is 1.37 bits per heavy atom. The van der Waals surface area contributed by atoms with Gasteiger partial charge in [0.2, 0.25) is 0 Å². The molecule has 4 aromatic rings. The first-order chi connectivity index (χ1) is 21.8. The van der Waals surface area contributed by atoms with Crippen molar-refractivity contribution in [3.8, 4) is 22.3 Å². The van der Waals surface area contributed by atoms with Crippen LogP contribution in [0.4, 0.5) is 0 Å². The smallest absolute Gasteiger partial charge is 0.147 e. The van der Waals surface area contributed by atoms with E-state index in [1.807, 2.05) is 0 Å². The quantitative estimate of drug-likeness (QED) is 0.163. The summed E-state index contributed by atoms with van der Waals surface area (Å²) in [4.78, 5) is 0. The third-order valence-corrected chi connectivity index (χ3v) is 33.1. The number of hydrogen-bond donors (Lipinski definition) is 0. The Morgan fingerprint density at radius 2 is 0.980 bits per heavy atom. The summed E-state index contributed by atoms with van der Waals surface area (Å²) in [5, 5.41) is 3.06. The van der Waals surface area contributed by atoms with E-state index < -0.39 is 33.5 Å². The van der Waals surface area contributed by atoms with E-state index in [1.165, 1.54) is 54.9 Å². The number of benzene rings is 4. The van der Waals surface area contributed by atoms with Crippen molar-refractivity contribution in [1.82, 2.24) is 0 Å². The molecule has 0 fully saturated rings. The molecule has 0 radical (unpaired) electrons. The molecule has 0 nitrogen and oxygen atoms in total. The molecule has 0 aromatic heterocycles. The molecule has 0 amide bonds. The van der Waals surface area contributed by atoms with Gasteiger partial charge in [0.25, 0.3) is 0 Å². The Hall–Kier alpha value is -1.53. The van der Waals surface area contributed by atoms with Crippen molar-refractivity contribution in [2.24, 2.45) is 0 Å². The van der Waals surface area contributed by atoms with Gasteiger partial charge in [-0.05, 0) is 0 Å². The van der Waals surface area contributed by atoms with Gasteiger partial charge >= 0.3 is 292 Å². The zero-order chi connectivity index (χ0) is 34.3. The number of halogens is 2. The van der Waals surface area contributed by atoms with Gasteiger partial charge in [-0.15, -0.1) is 24.8 Å². The van der Waals surface area contributed by atoms with Gasteiger partial charge in [-0.3, -0.25) is 0 Å². The van der Waals surface area contributed by atoms with Crippen LogP contribution in [0.15, 0.2) is 83.9 Å². The minimum absolute atomic E-state index is 0. The third-order valence-electron chi connectivity index (χ3n) is 11.3. The second-order valence-electron chi connectivity index (χ2n) is 18.0. The SMILES string of the molecule is CCC1=Cc2c(-c3ccc([Si](C)(C)C)cc3)cc(C)cc2[CH]1[Zr]([CH3])([CH3])(=[SiH2])[CH]1C(C)=Cc2c(-c3ccc([Si](C)(C)C)cc3)cc(C)cc21.Cl.Cl. The van der Waals surface area contributed by atoms with Crippen LogP contribution in [0.1, 0.15) is 60.9 Å². The maximum atomic E-state index is 2.79. The summed E-state index contributed by atoms with van der Waals surface area (Å²) in [7, 11) is -2.70. The largest absolute Gasteiger partial charge is 0.147 e. The number of rotatable bonds is 7. The maximum absolute atomic E-state index is 3.66. The first kappa shape index (κ1) is 40.2. The Morgan fingerprint density at radius 1 is 0.592 bits per heavy atom. The molecular formula is C43H58Cl2Si3Zr. The van der Waals surface area contributed by atoms with Gasteiger partial charge < -0.3 is 0 Å². The van der Waals surface area contributed by atoms with Crippen LogP contribution in [0.2, 0.25) is 48.5 Å². The van der Waals surface area contributed by atoms with E-state index in [9.17, 15) is 0 Å². The van der Waals surface area contributed by atoms with Crippen molar-refractivity contribution in [1.29, 1.82) is 0 Å². The van der Waals surface area contributed by atoms with E-state index in [4.69, 9.17) is 0 Å². The van der Waals surface area contributed by atoms with Crippen molar-refractivity contribution >= 4 is 70.4 Å². The Labute approximate surface area is 314 Å². The Balaban J connectivity index is 0.00000270. The van der Waals surface area contributed by atoms with Gasteiger partial charge in [0.1, 0.15) is 0 Å². The van der Waals surface area contributed by atoms with E-state index in [0.29, 0.717) is 7.25 Å². The fourth-order valence-electron chi connectivity index (χ4n) is 9.10. The summed E-state index contributed by atoms with van der Waals surface area (Å²) < 4.78 is 6.63. The van der Waals surface area contributed by atoms with Crippen LogP contribution in [0.5, 0.6) is 0 Å². The van der Waals surface area contributed by atoms with Crippen LogP contribution in [-0.2, 0) is 17.4 Å². The maximum Gasteiger partial charge on any atom is -0.147 e. The third kappa shape index (κ3) is 7.27. The van der Waals surface area contributed by atoms with Crippen LogP contribution in [-0.4, -0.2) is 23.0 Å². The first-order valence-electron chi connectivity index (χ1n) is 17.8. The Bertz CT molecular complexity index is 2030. The van der Waals surface area contributed by atoms with Crippen molar-refractivity contribution in [3.05, 3.63) is 117 Å². The topological polar surface area (TPSA) is 0 Å². The van der Waals surface area contributed by atoms with E-state index >= 15 is 0 Å². The zero-order valence-corrected chi connectivity index (χ0v) is 39.5. The van der Waals surface area contributed by atoms with Crippen molar-refractivity contribution < 1.29 is 17.4 Å². The second kappa shape index (κ2) is 13.8. The van der Waals surface area contributed by atoms with E-state index in [-0.39, 0.29) is 24.8 Å². The molecule has 2 unspecified atom stereocenters. The summed E-state index contributed by atoms with van der Waals surface area (Å²) in [5.41, 5.74) is 17.7. The normalized spacial score (nSPS) is 17.4.